The zero-order chi connectivity index (χ0) is 48.4. The number of ketones is 3. The number of hydrogen-bond donors (Lipinski definition) is 2. The standard InChI is InChI=1S/C20H15FN4O2S.C14H17FN2O2.C8H7N3OS.I3.I2.HI/c1-12(26)24(2)17-10-13(5-6-15(17)21)16-7-8-22-20-14(11-23-25(16)20)19(27)18-4-3-9-28-18;1-10(18)17(4)13-9-11(5-6-12(13)15)14(19)7-8-16(2)3;9-8-5(4-10-11-8)7(12)6-2-1-3-13-6;1-3-2;1-2;/h3-11H,1-2H3;5-9H,1-4H3;1-4H,(H3,9,10,11);;;1H/q;;;-1;;/b;8-7+;;;;. The zero-order valence-corrected chi connectivity index (χ0v) is 50.3. The summed E-state index contributed by atoms with van der Waals surface area (Å²) in [4.78, 5) is 68.9. The van der Waals surface area contributed by atoms with Crippen LogP contribution in [0, 0.1) is 11.6 Å². The molecule has 0 spiro atoms. The van der Waals surface area contributed by atoms with Gasteiger partial charge in [0.1, 0.15) is 17.5 Å². The van der Waals surface area contributed by atoms with Crippen molar-refractivity contribution in [3.63, 3.8) is 0 Å². The summed E-state index contributed by atoms with van der Waals surface area (Å²) < 4.78 is 29.4. The molecule has 0 saturated carbocycles. The van der Waals surface area contributed by atoms with Crippen LogP contribution in [0.5, 0.6) is 0 Å². The van der Waals surface area contributed by atoms with Gasteiger partial charge in [-0.2, -0.15) is 10.2 Å². The third-order valence-electron chi connectivity index (χ3n) is 8.71. The summed E-state index contributed by atoms with van der Waals surface area (Å²) in [5.41, 5.74) is 8.63. The summed E-state index contributed by atoms with van der Waals surface area (Å²) >= 11 is 12.3. The molecule has 24 heteroatoms. The first-order valence-electron chi connectivity index (χ1n) is 18.3. The number of H-pyrrole nitrogens is 1. The van der Waals surface area contributed by atoms with Crippen LogP contribution < -0.4 is 28.8 Å². The molecular weight excluding hydrogens is 1570 g/mol. The minimum atomic E-state index is -0.536. The fourth-order valence-electron chi connectivity index (χ4n) is 5.33. The number of carbonyl (C=O) groups excluding carboxylic acids is 5. The average molecular weight is 1610 g/mol. The number of nitrogens with one attached hydrogen (secondary N) is 1. The number of rotatable bonds is 10. The Balaban J connectivity index is 0.000000342. The van der Waals surface area contributed by atoms with Crippen molar-refractivity contribution in [3.8, 4) is 11.3 Å². The SMILES string of the molecule is CC(=O)N(C)c1cc(-c2ccnc3c(C(=O)c4cccs4)cnn23)ccc1F.CC(=O)N(C)c1cc(C(=O)/C=C/N(C)C)ccc1F.I.II.I[I-]I.Nc1[nH]ncc1C(=O)c1cccs1. The Morgan fingerprint density at radius 2 is 1.32 bits per heavy atom. The second-order valence-electron chi connectivity index (χ2n) is 13.1. The summed E-state index contributed by atoms with van der Waals surface area (Å²) in [6, 6.07) is 17.3. The molecule has 5 aromatic heterocycles. The first-order chi connectivity index (χ1) is 31.0. The van der Waals surface area contributed by atoms with Crippen molar-refractivity contribution >= 4 is 173 Å². The third kappa shape index (κ3) is 16.7. The van der Waals surface area contributed by atoms with Gasteiger partial charge in [-0.05, 0) is 65.4 Å². The van der Waals surface area contributed by atoms with Gasteiger partial charge < -0.3 is 20.4 Å². The van der Waals surface area contributed by atoms with E-state index in [0.29, 0.717) is 62.4 Å². The number of hydrogen-bond acceptors (Lipinski definition) is 12. The van der Waals surface area contributed by atoms with Crippen molar-refractivity contribution in [3.05, 3.63) is 146 Å². The Bertz CT molecular complexity index is 2740. The van der Waals surface area contributed by atoms with Crippen LogP contribution >= 0.6 is 121 Å². The van der Waals surface area contributed by atoms with E-state index >= 15 is 0 Å². The minimum absolute atomic E-state index is 0. The van der Waals surface area contributed by atoms with Crippen LogP contribution in [0.3, 0.4) is 0 Å². The van der Waals surface area contributed by atoms with Gasteiger partial charge in [0.05, 0.1) is 50.3 Å². The van der Waals surface area contributed by atoms with Gasteiger partial charge in [-0.3, -0.25) is 29.1 Å². The fourth-order valence-corrected chi connectivity index (χ4v) is 6.69. The molecule has 2 amide bonds. The van der Waals surface area contributed by atoms with Crippen molar-refractivity contribution in [2.24, 2.45) is 0 Å². The molecule has 0 aliphatic rings. The summed E-state index contributed by atoms with van der Waals surface area (Å²) in [6.07, 6.45) is 7.51. The van der Waals surface area contributed by atoms with Crippen LogP contribution in [0.25, 0.3) is 16.9 Å². The van der Waals surface area contributed by atoms with Gasteiger partial charge in [-0.15, -0.1) is 46.7 Å². The third-order valence-corrected chi connectivity index (χ3v) is 10.5. The molecule has 0 atom stereocenters. The normalized spacial score (nSPS) is 10.1. The van der Waals surface area contributed by atoms with E-state index in [1.807, 2.05) is 22.9 Å². The number of halogens is 8. The number of allylic oxidation sites excluding steroid dienone is 1. The smallest absolute Gasteiger partial charge is 0.208 e. The van der Waals surface area contributed by atoms with Crippen molar-refractivity contribution in [2.75, 3.05) is 43.7 Å². The molecule has 0 radical (unpaired) electrons. The molecule has 0 aliphatic carbocycles. The largest absolute Gasteiger partial charge is 0.383 e. The molecule has 14 nitrogen and oxygen atoms in total. The minimum Gasteiger partial charge on any atom is -0.383 e. The summed E-state index contributed by atoms with van der Waals surface area (Å²) in [5.74, 6) is -1.77. The molecule has 0 aliphatic heterocycles. The van der Waals surface area contributed by atoms with E-state index in [0.717, 1.165) is 0 Å². The maximum absolute atomic E-state index is 14.2. The van der Waals surface area contributed by atoms with E-state index in [2.05, 4.69) is 94.7 Å². The van der Waals surface area contributed by atoms with Crippen LogP contribution in [0.4, 0.5) is 26.0 Å². The monoisotopic (exact) mass is 1610 g/mol. The Kier molecular flexibility index (Phi) is 26.9. The molecule has 7 rings (SSSR count). The van der Waals surface area contributed by atoms with Crippen molar-refractivity contribution in [2.45, 2.75) is 13.8 Å². The van der Waals surface area contributed by atoms with Crippen LogP contribution in [0.2, 0.25) is 0 Å². The second-order valence-corrected chi connectivity index (χ2v) is 31.3. The summed E-state index contributed by atoms with van der Waals surface area (Å²) in [5, 5.41) is 14.2. The van der Waals surface area contributed by atoms with Crippen molar-refractivity contribution in [1.82, 2.24) is 29.7 Å². The van der Waals surface area contributed by atoms with Gasteiger partial charge in [-0.25, -0.2) is 18.3 Å². The van der Waals surface area contributed by atoms with Gasteiger partial charge in [0.2, 0.25) is 23.4 Å². The number of carbonyl (C=O) groups is 5. The molecule has 66 heavy (non-hydrogen) atoms. The van der Waals surface area contributed by atoms with E-state index < -0.39 is 11.6 Å². The Morgan fingerprint density at radius 3 is 1.80 bits per heavy atom. The fraction of sp³-hybridized carbons (Fsp3) is 0.143. The summed E-state index contributed by atoms with van der Waals surface area (Å²) in [7, 11) is 6.57. The first kappa shape index (κ1) is 59.3. The number of thiophene rings is 2. The molecule has 5 heterocycles. The van der Waals surface area contributed by atoms with E-state index in [9.17, 15) is 32.8 Å². The summed E-state index contributed by atoms with van der Waals surface area (Å²) in [6.45, 7) is 2.70. The maximum atomic E-state index is 14.2. The van der Waals surface area contributed by atoms with Gasteiger partial charge in [0.25, 0.3) is 0 Å². The molecule has 7 aromatic rings. The van der Waals surface area contributed by atoms with Gasteiger partial charge >= 0.3 is 50.5 Å². The van der Waals surface area contributed by atoms with Crippen molar-refractivity contribution in [1.29, 1.82) is 0 Å². The Morgan fingerprint density at radius 1 is 0.788 bits per heavy atom. The molecule has 2 aromatic carbocycles. The molecule has 0 unspecified atom stereocenters. The topological polar surface area (TPSA) is 180 Å². The molecule has 0 bridgehead atoms. The van der Waals surface area contributed by atoms with Crippen molar-refractivity contribution < 1.29 is 46.0 Å². The van der Waals surface area contributed by atoms with Gasteiger partial charge in [0, 0.05) is 109 Å². The molecule has 3 N–H and O–H groups in total. The number of benzene rings is 2. The number of nitrogens with zero attached hydrogens (tertiary/aromatic N) is 7. The molecule has 352 valence electrons. The molecular formula is C42H40F2I6N9O5S2-. The number of aromatic amines is 1. The van der Waals surface area contributed by atoms with E-state index in [1.165, 1.54) is 103 Å². The molecule has 0 saturated heterocycles. The quantitative estimate of drug-likeness (QED) is 0.0769. The van der Waals surface area contributed by atoms with Crippen LogP contribution in [-0.2, 0) is 9.59 Å². The average Bonchev–Trinajstić information content (AvgIpc) is 4.15. The number of amides is 2. The van der Waals surface area contributed by atoms with E-state index in [1.54, 1.807) is 66.2 Å². The Labute approximate surface area is 457 Å². The van der Waals surface area contributed by atoms with Crippen LogP contribution in [0.15, 0.2) is 108 Å². The zero-order valence-electron chi connectivity index (χ0n) is 35.5. The van der Waals surface area contributed by atoms with Crippen LogP contribution in [-0.4, -0.2) is 87.1 Å². The number of anilines is 3. The number of aromatic nitrogens is 5. The maximum Gasteiger partial charge on any atom is 0.208 e. The first-order valence-corrected chi connectivity index (χ1v) is 38.9. The number of fused-ring (bicyclic) bond motifs is 1. The van der Waals surface area contributed by atoms with Crippen LogP contribution in [0.1, 0.15) is 54.7 Å². The predicted molar refractivity (Wildman–Crippen MR) is 300 cm³/mol. The molecule has 0 fully saturated rings. The van der Waals surface area contributed by atoms with Gasteiger partial charge in [-0.1, -0.05) is 12.1 Å². The van der Waals surface area contributed by atoms with Gasteiger partial charge in [0.15, 0.2) is 11.4 Å². The number of nitrogen functional groups attached to an aromatic ring is 1. The van der Waals surface area contributed by atoms with E-state index in [4.69, 9.17) is 5.73 Å². The predicted octanol–water partition coefficient (Wildman–Crippen LogP) is 8.33. The second kappa shape index (κ2) is 29.9. The Hall–Kier alpha value is -2.80. The van der Waals surface area contributed by atoms with E-state index in [-0.39, 0.29) is 64.5 Å². The number of nitrogens with two attached hydrogens (primary N) is 1.